The lowest BCUT2D eigenvalue weighted by Gasteiger charge is -2.17. The molecule has 110 valence electrons. The number of ether oxygens (including phenoxy) is 1. The van der Waals surface area contributed by atoms with Crippen LogP contribution < -0.4 is 4.74 Å². The summed E-state index contributed by atoms with van der Waals surface area (Å²) in [6.45, 7) is 6.41. The Bertz CT molecular complexity index is 446. The van der Waals surface area contributed by atoms with E-state index in [1.807, 2.05) is 0 Å². The number of carbonyl (C=O) groups is 1. The Morgan fingerprint density at radius 3 is 2.45 bits per heavy atom. The highest BCUT2D eigenvalue weighted by Gasteiger charge is 2.08. The topological polar surface area (TPSA) is 46.5 Å². The van der Waals surface area contributed by atoms with Gasteiger partial charge in [-0.3, -0.25) is 0 Å². The Morgan fingerprint density at radius 2 is 1.95 bits per heavy atom. The molecule has 0 saturated carbocycles. The maximum Gasteiger partial charge on any atom is 0.335 e. The third-order valence-corrected chi connectivity index (χ3v) is 3.40. The predicted molar refractivity (Wildman–Crippen MR) is 81.4 cm³/mol. The summed E-state index contributed by atoms with van der Waals surface area (Å²) in [5, 5.41) is 8.85. The maximum absolute atomic E-state index is 10.8. The molecule has 1 unspecified atom stereocenters. The lowest BCUT2D eigenvalue weighted by Crippen LogP contribution is -2.15. The van der Waals surface area contributed by atoms with Crippen LogP contribution in [0.1, 0.15) is 56.8 Å². The van der Waals surface area contributed by atoms with Crippen LogP contribution in [-0.4, -0.2) is 17.2 Å². The van der Waals surface area contributed by atoms with E-state index in [-0.39, 0.29) is 11.7 Å². The average Bonchev–Trinajstić information content (AvgIpc) is 2.46. The van der Waals surface area contributed by atoms with Gasteiger partial charge in [-0.05, 0) is 56.9 Å². The lowest BCUT2D eigenvalue weighted by molar-refractivity contribution is 0.0697. The molecule has 1 aromatic carbocycles. The smallest absolute Gasteiger partial charge is 0.335 e. The van der Waals surface area contributed by atoms with Gasteiger partial charge < -0.3 is 9.84 Å². The summed E-state index contributed by atoms with van der Waals surface area (Å²) in [5.41, 5.74) is 1.69. The molecule has 0 saturated heterocycles. The van der Waals surface area contributed by atoms with Gasteiger partial charge in [-0.2, -0.15) is 0 Å². The van der Waals surface area contributed by atoms with Crippen molar-refractivity contribution in [2.45, 2.75) is 52.6 Å². The minimum Gasteiger partial charge on any atom is -0.490 e. The van der Waals surface area contributed by atoms with Crippen molar-refractivity contribution in [1.82, 2.24) is 0 Å². The molecule has 20 heavy (non-hydrogen) atoms. The fraction of sp³-hybridized carbons (Fsp3) is 0.471. The molecule has 0 aliphatic carbocycles. The minimum atomic E-state index is -0.913. The van der Waals surface area contributed by atoms with E-state index in [4.69, 9.17) is 9.84 Å². The lowest BCUT2D eigenvalue weighted by atomic mass is 10.1. The second-order valence-electron chi connectivity index (χ2n) is 4.96. The van der Waals surface area contributed by atoms with E-state index in [9.17, 15) is 4.79 Å². The summed E-state index contributed by atoms with van der Waals surface area (Å²) < 4.78 is 5.89. The molecule has 1 N–H and O–H groups in total. The van der Waals surface area contributed by atoms with Crippen molar-refractivity contribution in [3.8, 4) is 5.75 Å². The van der Waals surface area contributed by atoms with Crippen LogP contribution in [0.25, 0.3) is 0 Å². The quantitative estimate of drug-likeness (QED) is 0.701. The van der Waals surface area contributed by atoms with Crippen LogP contribution in [0.5, 0.6) is 5.75 Å². The first-order valence-corrected chi connectivity index (χ1v) is 7.22. The van der Waals surface area contributed by atoms with E-state index in [1.165, 1.54) is 5.57 Å². The number of aromatic carboxylic acids is 1. The Kier molecular flexibility index (Phi) is 6.85. The van der Waals surface area contributed by atoms with E-state index in [0.717, 1.165) is 31.4 Å². The van der Waals surface area contributed by atoms with Crippen molar-refractivity contribution in [3.05, 3.63) is 41.5 Å². The number of hydrogen-bond acceptors (Lipinski definition) is 2. The summed E-state index contributed by atoms with van der Waals surface area (Å²) in [6, 6.07) is 6.59. The standard InChI is InChI=1S/C17H24O3/c1-4-13(3)7-6-8-15(5-2)20-16-11-9-14(10-12-16)17(18)19/h7,9-12,15H,4-6,8H2,1-3H3,(H,18,19). The van der Waals surface area contributed by atoms with Crippen LogP contribution in [-0.2, 0) is 0 Å². The summed E-state index contributed by atoms with van der Waals surface area (Å²) >= 11 is 0. The first-order chi connectivity index (χ1) is 9.56. The zero-order valence-corrected chi connectivity index (χ0v) is 12.6. The van der Waals surface area contributed by atoms with Crippen LogP contribution in [0.4, 0.5) is 0 Å². The van der Waals surface area contributed by atoms with Crippen LogP contribution >= 0.6 is 0 Å². The Morgan fingerprint density at radius 1 is 1.30 bits per heavy atom. The van der Waals surface area contributed by atoms with Crippen molar-refractivity contribution in [2.75, 3.05) is 0 Å². The summed E-state index contributed by atoms with van der Waals surface area (Å²) in [7, 11) is 0. The number of benzene rings is 1. The van der Waals surface area contributed by atoms with Crippen molar-refractivity contribution < 1.29 is 14.6 Å². The van der Waals surface area contributed by atoms with Gasteiger partial charge in [-0.15, -0.1) is 0 Å². The summed E-state index contributed by atoms with van der Waals surface area (Å²) in [5.74, 6) is -0.179. The van der Waals surface area contributed by atoms with Gasteiger partial charge in [0.1, 0.15) is 5.75 Å². The van der Waals surface area contributed by atoms with E-state index in [2.05, 4.69) is 26.8 Å². The normalized spacial score (nSPS) is 13.1. The molecule has 0 heterocycles. The van der Waals surface area contributed by atoms with Gasteiger partial charge >= 0.3 is 5.97 Å². The van der Waals surface area contributed by atoms with Gasteiger partial charge in [0.2, 0.25) is 0 Å². The summed E-state index contributed by atoms with van der Waals surface area (Å²) in [4.78, 5) is 10.8. The van der Waals surface area contributed by atoms with Crippen LogP contribution in [0.3, 0.4) is 0 Å². The molecule has 0 aromatic heterocycles. The van der Waals surface area contributed by atoms with E-state index in [1.54, 1.807) is 24.3 Å². The molecule has 1 atom stereocenters. The van der Waals surface area contributed by atoms with Crippen molar-refractivity contribution in [3.63, 3.8) is 0 Å². The molecule has 0 amide bonds. The number of carboxylic acid groups (broad SMARTS) is 1. The third-order valence-electron chi connectivity index (χ3n) is 3.40. The largest absolute Gasteiger partial charge is 0.490 e. The summed E-state index contributed by atoms with van der Waals surface area (Å²) in [6.07, 6.45) is 6.47. The minimum absolute atomic E-state index is 0.173. The van der Waals surface area contributed by atoms with E-state index in [0.29, 0.717) is 0 Å². The Hall–Kier alpha value is -1.77. The number of carboxylic acids is 1. The van der Waals surface area contributed by atoms with Gasteiger partial charge in [-0.1, -0.05) is 25.5 Å². The van der Waals surface area contributed by atoms with Crippen LogP contribution in [0.2, 0.25) is 0 Å². The first kappa shape index (κ1) is 16.3. The number of rotatable bonds is 8. The molecule has 0 spiro atoms. The molecule has 0 fully saturated rings. The molecule has 0 aliphatic heterocycles. The van der Waals surface area contributed by atoms with Gasteiger partial charge in [0.05, 0.1) is 11.7 Å². The fourth-order valence-electron chi connectivity index (χ4n) is 1.87. The van der Waals surface area contributed by atoms with E-state index < -0.39 is 5.97 Å². The third kappa shape index (κ3) is 5.47. The Balaban J connectivity index is 2.53. The zero-order chi connectivity index (χ0) is 15.0. The second kappa shape index (κ2) is 8.41. The van der Waals surface area contributed by atoms with E-state index >= 15 is 0 Å². The number of allylic oxidation sites excluding steroid dienone is 2. The molecule has 3 heteroatoms. The Labute approximate surface area is 121 Å². The van der Waals surface area contributed by atoms with Crippen LogP contribution in [0.15, 0.2) is 35.9 Å². The van der Waals surface area contributed by atoms with Crippen LogP contribution in [0, 0.1) is 0 Å². The van der Waals surface area contributed by atoms with Gasteiger partial charge in [0.15, 0.2) is 0 Å². The molecule has 1 aromatic rings. The average molecular weight is 276 g/mol. The molecule has 3 nitrogen and oxygen atoms in total. The molecule has 1 rings (SSSR count). The molecule has 0 radical (unpaired) electrons. The first-order valence-electron chi connectivity index (χ1n) is 7.22. The molecule has 0 bridgehead atoms. The SMILES string of the molecule is CCC(C)=CCCC(CC)Oc1ccc(C(=O)O)cc1. The zero-order valence-electron chi connectivity index (χ0n) is 12.6. The maximum atomic E-state index is 10.8. The highest BCUT2D eigenvalue weighted by Crippen LogP contribution is 2.18. The van der Waals surface area contributed by atoms with Gasteiger partial charge in [0.25, 0.3) is 0 Å². The fourth-order valence-corrected chi connectivity index (χ4v) is 1.87. The monoisotopic (exact) mass is 276 g/mol. The highest BCUT2D eigenvalue weighted by atomic mass is 16.5. The number of hydrogen-bond donors (Lipinski definition) is 1. The van der Waals surface area contributed by atoms with Gasteiger partial charge in [0, 0.05) is 0 Å². The van der Waals surface area contributed by atoms with Crippen molar-refractivity contribution in [1.29, 1.82) is 0 Å². The van der Waals surface area contributed by atoms with Crippen molar-refractivity contribution >= 4 is 5.97 Å². The molecular formula is C17H24O3. The highest BCUT2D eigenvalue weighted by molar-refractivity contribution is 5.87. The molecule has 0 aliphatic rings. The second-order valence-corrected chi connectivity index (χ2v) is 4.96. The molecular weight excluding hydrogens is 252 g/mol. The van der Waals surface area contributed by atoms with Crippen molar-refractivity contribution in [2.24, 2.45) is 0 Å². The van der Waals surface area contributed by atoms with Gasteiger partial charge in [-0.25, -0.2) is 4.79 Å². The predicted octanol–water partition coefficient (Wildman–Crippen LogP) is 4.68.